The molecule has 0 rings (SSSR count). The second-order valence-electron chi connectivity index (χ2n) is 2.54. The zero-order valence-electron chi connectivity index (χ0n) is 7.23. The molecule has 0 aromatic rings. The molecule has 0 aliphatic carbocycles. The molecule has 56 valence electrons. The monoisotopic (exact) mass is 137 g/mol. The van der Waals surface area contributed by atoms with Crippen molar-refractivity contribution in [2.75, 3.05) is 0 Å². The van der Waals surface area contributed by atoms with Crippen LogP contribution >= 0.6 is 0 Å². The van der Waals surface area contributed by atoms with E-state index in [1.165, 1.54) is 5.57 Å². The predicted molar refractivity (Wildman–Crippen MR) is 47.4 cm³/mol. The summed E-state index contributed by atoms with van der Waals surface area (Å²) in [7, 11) is 0. The molecule has 0 amide bonds. The number of nitrogens with zero attached hydrogens (tertiary/aromatic N) is 1. The highest BCUT2D eigenvalue weighted by atomic mass is 14.7. The van der Waals surface area contributed by atoms with Crippen LogP contribution in [0.1, 0.15) is 27.7 Å². The second-order valence-corrected chi connectivity index (χ2v) is 2.54. The van der Waals surface area contributed by atoms with Crippen molar-refractivity contribution < 1.29 is 0 Å². The van der Waals surface area contributed by atoms with Crippen molar-refractivity contribution in [1.29, 1.82) is 0 Å². The maximum atomic E-state index is 4.27. The minimum atomic E-state index is 0.971. The van der Waals surface area contributed by atoms with Gasteiger partial charge in [-0.3, -0.25) is 4.99 Å². The molecule has 1 heteroatoms. The molecule has 0 aromatic carbocycles. The van der Waals surface area contributed by atoms with Crippen molar-refractivity contribution in [2.24, 2.45) is 4.99 Å². The SMILES string of the molecule is C=CC(C)=NC(C)=C(C)C. The average Bonchev–Trinajstić information content (AvgIpc) is 1.87. The Bertz CT molecular complexity index is 181. The Morgan fingerprint density at radius 2 is 1.70 bits per heavy atom. The van der Waals surface area contributed by atoms with Crippen molar-refractivity contribution in [3.05, 3.63) is 23.9 Å². The molecule has 0 saturated carbocycles. The fraction of sp³-hybridized carbons (Fsp3) is 0.444. The first-order valence-electron chi connectivity index (χ1n) is 3.39. The molecule has 0 aromatic heterocycles. The number of hydrogen-bond acceptors (Lipinski definition) is 1. The summed E-state index contributed by atoms with van der Waals surface area (Å²) < 4.78 is 0. The molecule has 0 aliphatic heterocycles. The van der Waals surface area contributed by atoms with Gasteiger partial charge < -0.3 is 0 Å². The Labute approximate surface area is 63.2 Å². The summed E-state index contributed by atoms with van der Waals surface area (Å²) in [5.41, 5.74) is 3.30. The smallest absolute Gasteiger partial charge is 0.0369 e. The van der Waals surface area contributed by atoms with Crippen LogP contribution in [0.25, 0.3) is 0 Å². The van der Waals surface area contributed by atoms with E-state index in [2.05, 4.69) is 25.4 Å². The van der Waals surface area contributed by atoms with Gasteiger partial charge in [0.15, 0.2) is 0 Å². The summed E-state index contributed by atoms with van der Waals surface area (Å²) >= 11 is 0. The summed E-state index contributed by atoms with van der Waals surface area (Å²) in [5.74, 6) is 0. The van der Waals surface area contributed by atoms with Crippen molar-refractivity contribution >= 4 is 5.71 Å². The summed E-state index contributed by atoms with van der Waals surface area (Å²) in [4.78, 5) is 4.27. The van der Waals surface area contributed by atoms with E-state index in [1.54, 1.807) is 6.08 Å². The molecule has 1 nitrogen and oxygen atoms in total. The molecule has 0 atom stereocenters. The van der Waals surface area contributed by atoms with Crippen LogP contribution in [0.3, 0.4) is 0 Å². The molecular weight excluding hydrogens is 122 g/mol. The van der Waals surface area contributed by atoms with Gasteiger partial charge in [-0.25, -0.2) is 0 Å². The lowest BCUT2D eigenvalue weighted by Crippen LogP contribution is -1.84. The topological polar surface area (TPSA) is 12.4 Å². The van der Waals surface area contributed by atoms with Gasteiger partial charge in [-0.05, 0) is 33.8 Å². The van der Waals surface area contributed by atoms with Gasteiger partial charge in [0.1, 0.15) is 0 Å². The highest BCUT2D eigenvalue weighted by Crippen LogP contribution is 2.03. The van der Waals surface area contributed by atoms with E-state index in [0.717, 1.165) is 11.4 Å². The van der Waals surface area contributed by atoms with E-state index in [-0.39, 0.29) is 0 Å². The Kier molecular flexibility index (Phi) is 3.70. The maximum Gasteiger partial charge on any atom is 0.0369 e. The highest BCUT2D eigenvalue weighted by molar-refractivity contribution is 5.92. The van der Waals surface area contributed by atoms with Crippen LogP contribution in [0.2, 0.25) is 0 Å². The fourth-order valence-electron chi connectivity index (χ4n) is 0.422. The average molecular weight is 137 g/mol. The number of rotatable bonds is 2. The van der Waals surface area contributed by atoms with Gasteiger partial charge in [0.05, 0.1) is 0 Å². The van der Waals surface area contributed by atoms with Crippen molar-refractivity contribution in [3.63, 3.8) is 0 Å². The third-order valence-electron chi connectivity index (χ3n) is 1.36. The van der Waals surface area contributed by atoms with Crippen molar-refractivity contribution in [1.82, 2.24) is 0 Å². The fourth-order valence-corrected chi connectivity index (χ4v) is 0.422. The third-order valence-corrected chi connectivity index (χ3v) is 1.36. The minimum Gasteiger partial charge on any atom is -0.259 e. The van der Waals surface area contributed by atoms with Gasteiger partial charge >= 0.3 is 0 Å². The number of hydrogen-bond donors (Lipinski definition) is 0. The summed E-state index contributed by atoms with van der Waals surface area (Å²) in [6, 6.07) is 0. The van der Waals surface area contributed by atoms with Crippen LogP contribution in [0.15, 0.2) is 28.9 Å². The first-order chi connectivity index (χ1) is 4.57. The predicted octanol–water partition coefficient (Wildman–Crippen LogP) is 2.95. The Hall–Kier alpha value is -0.850. The number of aliphatic imine (C=N–C) groups is 1. The van der Waals surface area contributed by atoms with Gasteiger partial charge in [-0.1, -0.05) is 12.2 Å². The molecule has 0 spiro atoms. The second kappa shape index (κ2) is 4.04. The lowest BCUT2D eigenvalue weighted by Gasteiger charge is -1.96. The minimum absolute atomic E-state index is 0.971. The zero-order valence-corrected chi connectivity index (χ0v) is 7.23. The van der Waals surface area contributed by atoms with Crippen LogP contribution in [-0.2, 0) is 0 Å². The van der Waals surface area contributed by atoms with Gasteiger partial charge in [-0.2, -0.15) is 0 Å². The van der Waals surface area contributed by atoms with E-state index in [4.69, 9.17) is 0 Å². The standard InChI is InChI=1S/C9H15N/c1-6-8(4)10-9(5)7(2)3/h6H,1H2,2-5H3. The number of allylic oxidation sites excluding steroid dienone is 3. The molecule has 0 unspecified atom stereocenters. The molecule has 0 bridgehead atoms. The lowest BCUT2D eigenvalue weighted by atomic mass is 10.3. The Morgan fingerprint density at radius 3 is 2.00 bits per heavy atom. The Balaban J connectivity index is 4.42. The molecule has 0 heterocycles. The molecular formula is C9H15N. The van der Waals surface area contributed by atoms with Gasteiger partial charge in [0.25, 0.3) is 0 Å². The first kappa shape index (κ1) is 9.15. The van der Waals surface area contributed by atoms with Crippen LogP contribution < -0.4 is 0 Å². The van der Waals surface area contributed by atoms with Crippen LogP contribution in [-0.4, -0.2) is 5.71 Å². The molecule has 10 heavy (non-hydrogen) atoms. The molecule has 0 saturated heterocycles. The van der Waals surface area contributed by atoms with Crippen LogP contribution in [0.5, 0.6) is 0 Å². The summed E-state index contributed by atoms with van der Waals surface area (Å²) in [6.07, 6.45) is 1.76. The Morgan fingerprint density at radius 1 is 1.20 bits per heavy atom. The van der Waals surface area contributed by atoms with Gasteiger partial charge in [-0.15, -0.1) is 0 Å². The molecule has 0 radical (unpaired) electrons. The summed E-state index contributed by atoms with van der Waals surface area (Å²) in [6.45, 7) is 11.7. The normalized spacial score (nSPS) is 11.0. The van der Waals surface area contributed by atoms with Gasteiger partial charge in [0, 0.05) is 11.4 Å². The lowest BCUT2D eigenvalue weighted by molar-refractivity contribution is 1.19. The molecule has 0 aliphatic rings. The quantitative estimate of drug-likeness (QED) is 0.519. The van der Waals surface area contributed by atoms with Crippen molar-refractivity contribution in [3.8, 4) is 0 Å². The first-order valence-corrected chi connectivity index (χ1v) is 3.39. The summed E-state index contributed by atoms with van der Waals surface area (Å²) in [5, 5.41) is 0. The van der Waals surface area contributed by atoms with E-state index in [1.807, 2.05) is 13.8 Å². The van der Waals surface area contributed by atoms with Crippen LogP contribution in [0.4, 0.5) is 0 Å². The highest BCUT2D eigenvalue weighted by Gasteiger charge is 1.87. The zero-order chi connectivity index (χ0) is 8.15. The van der Waals surface area contributed by atoms with Gasteiger partial charge in [0.2, 0.25) is 0 Å². The maximum absolute atomic E-state index is 4.27. The third kappa shape index (κ3) is 3.23. The van der Waals surface area contributed by atoms with E-state index in [0.29, 0.717) is 0 Å². The largest absolute Gasteiger partial charge is 0.259 e. The van der Waals surface area contributed by atoms with Crippen LogP contribution in [0, 0.1) is 0 Å². The van der Waals surface area contributed by atoms with Crippen molar-refractivity contribution in [2.45, 2.75) is 27.7 Å². The van der Waals surface area contributed by atoms with E-state index in [9.17, 15) is 0 Å². The van der Waals surface area contributed by atoms with E-state index >= 15 is 0 Å². The molecule has 0 fully saturated rings. The van der Waals surface area contributed by atoms with E-state index < -0.39 is 0 Å². The molecule has 0 N–H and O–H groups in total.